The Kier molecular flexibility index (Phi) is 4.75. The predicted octanol–water partition coefficient (Wildman–Crippen LogP) is 1.21. The minimum absolute atomic E-state index is 0.0664. The van der Waals surface area contributed by atoms with Crippen LogP contribution in [0, 0.1) is 0 Å². The Balaban J connectivity index is 2.60. The first-order chi connectivity index (χ1) is 7.13. The molecule has 0 aromatic heterocycles. The number of benzene rings is 1. The summed E-state index contributed by atoms with van der Waals surface area (Å²) < 4.78 is 0. The molecule has 0 spiro atoms. The number of aliphatic hydroxyl groups excluding tert-OH is 2. The molecule has 3 N–H and O–H groups in total. The van der Waals surface area contributed by atoms with Crippen molar-refractivity contribution in [2.75, 3.05) is 6.54 Å². The largest absolute Gasteiger partial charge is 0.392 e. The van der Waals surface area contributed by atoms with Gasteiger partial charge in [-0.05, 0) is 25.0 Å². The molecule has 0 radical (unpaired) electrons. The third-order valence-corrected chi connectivity index (χ3v) is 2.35. The maximum Gasteiger partial charge on any atom is 0.0681 e. The van der Waals surface area contributed by atoms with Gasteiger partial charge in [-0.2, -0.15) is 0 Å². The molecular formula is C12H19NO2. The normalized spacial score (nSPS) is 14.9. The van der Waals surface area contributed by atoms with Crippen LogP contribution in [0.1, 0.15) is 31.0 Å². The zero-order valence-electron chi connectivity index (χ0n) is 9.27. The van der Waals surface area contributed by atoms with Gasteiger partial charge in [0.05, 0.1) is 12.7 Å². The Morgan fingerprint density at radius 2 is 2.07 bits per heavy atom. The van der Waals surface area contributed by atoms with Crippen molar-refractivity contribution >= 4 is 0 Å². The van der Waals surface area contributed by atoms with Crippen LogP contribution < -0.4 is 5.32 Å². The Morgan fingerprint density at radius 1 is 1.33 bits per heavy atom. The van der Waals surface area contributed by atoms with E-state index in [2.05, 4.69) is 5.32 Å². The van der Waals surface area contributed by atoms with E-state index in [1.165, 1.54) is 0 Å². The second-order valence-electron chi connectivity index (χ2n) is 3.88. The lowest BCUT2D eigenvalue weighted by Crippen LogP contribution is -2.27. The molecule has 1 aromatic rings. The molecule has 1 rings (SSSR count). The van der Waals surface area contributed by atoms with Crippen molar-refractivity contribution in [3.05, 3.63) is 35.4 Å². The highest BCUT2D eigenvalue weighted by Gasteiger charge is 2.06. The van der Waals surface area contributed by atoms with Crippen molar-refractivity contribution in [3.8, 4) is 0 Å². The van der Waals surface area contributed by atoms with Crippen molar-refractivity contribution in [2.24, 2.45) is 0 Å². The molecule has 0 amide bonds. The van der Waals surface area contributed by atoms with Gasteiger partial charge in [0.2, 0.25) is 0 Å². The monoisotopic (exact) mass is 209 g/mol. The summed E-state index contributed by atoms with van der Waals surface area (Å²) in [5, 5.41) is 21.4. The van der Waals surface area contributed by atoms with Crippen LogP contribution in [0.2, 0.25) is 0 Å². The lowest BCUT2D eigenvalue weighted by molar-refractivity contribution is 0.187. The van der Waals surface area contributed by atoms with E-state index in [0.717, 1.165) is 11.1 Å². The Hall–Kier alpha value is -0.900. The van der Waals surface area contributed by atoms with Gasteiger partial charge < -0.3 is 15.5 Å². The molecule has 3 heteroatoms. The van der Waals surface area contributed by atoms with Crippen LogP contribution in [-0.4, -0.2) is 22.9 Å². The SMILES string of the molecule is CC(NC[C@@H](C)O)c1cccc(CO)c1. The zero-order valence-corrected chi connectivity index (χ0v) is 9.27. The molecule has 0 aliphatic carbocycles. The van der Waals surface area contributed by atoms with E-state index in [9.17, 15) is 0 Å². The average Bonchev–Trinajstić information content (AvgIpc) is 2.26. The van der Waals surface area contributed by atoms with Crippen molar-refractivity contribution in [3.63, 3.8) is 0 Å². The smallest absolute Gasteiger partial charge is 0.0681 e. The van der Waals surface area contributed by atoms with Gasteiger partial charge in [0.1, 0.15) is 0 Å². The van der Waals surface area contributed by atoms with Gasteiger partial charge in [-0.1, -0.05) is 24.3 Å². The van der Waals surface area contributed by atoms with Gasteiger partial charge in [-0.25, -0.2) is 0 Å². The van der Waals surface area contributed by atoms with Crippen LogP contribution in [0.25, 0.3) is 0 Å². The van der Waals surface area contributed by atoms with E-state index in [-0.39, 0.29) is 18.8 Å². The van der Waals surface area contributed by atoms with E-state index < -0.39 is 0 Å². The summed E-state index contributed by atoms with van der Waals surface area (Å²) in [6.07, 6.45) is -0.339. The standard InChI is InChI=1S/C12H19NO2/c1-9(15)7-13-10(2)12-5-3-4-11(6-12)8-14/h3-6,9-10,13-15H,7-8H2,1-2H3/t9-,10?/m1/s1. The lowest BCUT2D eigenvalue weighted by atomic mass is 10.1. The molecule has 15 heavy (non-hydrogen) atoms. The maximum absolute atomic E-state index is 9.15. The van der Waals surface area contributed by atoms with Gasteiger partial charge in [0, 0.05) is 12.6 Å². The lowest BCUT2D eigenvalue weighted by Gasteiger charge is -2.16. The molecule has 0 heterocycles. The molecule has 0 saturated heterocycles. The zero-order chi connectivity index (χ0) is 11.3. The van der Waals surface area contributed by atoms with Gasteiger partial charge in [-0.15, -0.1) is 0 Å². The third kappa shape index (κ3) is 4.00. The van der Waals surface area contributed by atoms with Crippen molar-refractivity contribution in [1.29, 1.82) is 0 Å². The highest BCUT2D eigenvalue weighted by Crippen LogP contribution is 2.14. The van der Waals surface area contributed by atoms with Gasteiger partial charge >= 0.3 is 0 Å². The summed E-state index contributed by atoms with van der Waals surface area (Å²) in [7, 11) is 0. The van der Waals surface area contributed by atoms with E-state index in [4.69, 9.17) is 10.2 Å². The molecule has 0 saturated carbocycles. The fourth-order valence-corrected chi connectivity index (χ4v) is 1.43. The summed E-state index contributed by atoms with van der Waals surface area (Å²) in [6.45, 7) is 4.43. The summed E-state index contributed by atoms with van der Waals surface area (Å²) >= 11 is 0. The summed E-state index contributed by atoms with van der Waals surface area (Å²) in [5.74, 6) is 0. The van der Waals surface area contributed by atoms with Gasteiger partial charge in [0.25, 0.3) is 0 Å². The van der Waals surface area contributed by atoms with Crippen molar-refractivity contribution in [1.82, 2.24) is 5.32 Å². The fraction of sp³-hybridized carbons (Fsp3) is 0.500. The topological polar surface area (TPSA) is 52.5 Å². The summed E-state index contributed by atoms with van der Waals surface area (Å²) in [6, 6.07) is 8.00. The van der Waals surface area contributed by atoms with E-state index in [1.807, 2.05) is 31.2 Å². The number of hydrogen-bond donors (Lipinski definition) is 3. The van der Waals surface area contributed by atoms with Gasteiger partial charge in [0.15, 0.2) is 0 Å². The van der Waals surface area contributed by atoms with Gasteiger partial charge in [-0.3, -0.25) is 0 Å². The first kappa shape index (κ1) is 12.2. The molecule has 1 aromatic carbocycles. The number of nitrogens with one attached hydrogen (secondary N) is 1. The minimum Gasteiger partial charge on any atom is -0.392 e. The summed E-state index contributed by atoms with van der Waals surface area (Å²) in [4.78, 5) is 0. The molecule has 0 bridgehead atoms. The quantitative estimate of drug-likeness (QED) is 0.683. The molecule has 1 unspecified atom stereocenters. The Morgan fingerprint density at radius 3 is 2.67 bits per heavy atom. The molecule has 2 atom stereocenters. The van der Waals surface area contributed by atoms with Crippen LogP contribution in [0.15, 0.2) is 24.3 Å². The van der Waals surface area contributed by atoms with E-state index in [1.54, 1.807) is 6.92 Å². The average molecular weight is 209 g/mol. The molecule has 84 valence electrons. The molecular weight excluding hydrogens is 190 g/mol. The Labute approximate surface area is 90.8 Å². The third-order valence-electron chi connectivity index (χ3n) is 2.35. The number of hydrogen-bond acceptors (Lipinski definition) is 3. The first-order valence-corrected chi connectivity index (χ1v) is 5.24. The van der Waals surface area contributed by atoms with Crippen LogP contribution in [0.3, 0.4) is 0 Å². The van der Waals surface area contributed by atoms with Crippen LogP contribution in [-0.2, 0) is 6.61 Å². The van der Waals surface area contributed by atoms with Crippen LogP contribution in [0.5, 0.6) is 0 Å². The highest BCUT2D eigenvalue weighted by atomic mass is 16.3. The predicted molar refractivity (Wildman–Crippen MR) is 60.5 cm³/mol. The molecule has 0 aliphatic rings. The minimum atomic E-state index is -0.339. The van der Waals surface area contributed by atoms with Crippen LogP contribution in [0.4, 0.5) is 0 Å². The molecule has 0 aliphatic heterocycles. The Bertz CT molecular complexity index is 299. The maximum atomic E-state index is 9.15. The van der Waals surface area contributed by atoms with E-state index in [0.29, 0.717) is 6.54 Å². The second-order valence-corrected chi connectivity index (χ2v) is 3.88. The molecule has 0 fully saturated rings. The van der Waals surface area contributed by atoms with Crippen LogP contribution >= 0.6 is 0 Å². The second kappa shape index (κ2) is 5.85. The first-order valence-electron chi connectivity index (χ1n) is 5.24. The fourth-order valence-electron chi connectivity index (χ4n) is 1.43. The van der Waals surface area contributed by atoms with Crippen molar-refractivity contribution in [2.45, 2.75) is 32.6 Å². The summed E-state index contributed by atoms with van der Waals surface area (Å²) in [5.41, 5.74) is 2.04. The van der Waals surface area contributed by atoms with Crippen molar-refractivity contribution < 1.29 is 10.2 Å². The van der Waals surface area contributed by atoms with E-state index >= 15 is 0 Å². The number of rotatable bonds is 5. The number of aliphatic hydroxyl groups is 2. The molecule has 3 nitrogen and oxygen atoms in total. The highest BCUT2D eigenvalue weighted by molar-refractivity contribution is 5.25.